The average molecular weight is 252 g/mol. The van der Waals surface area contributed by atoms with E-state index in [9.17, 15) is 4.79 Å². The normalized spacial score (nSPS) is 14.3. The molecule has 0 fully saturated rings. The summed E-state index contributed by atoms with van der Waals surface area (Å²) in [6.07, 6.45) is 5.26. The van der Waals surface area contributed by atoms with Crippen LogP contribution >= 0.6 is 0 Å². The number of hydrazone groups is 1. The summed E-state index contributed by atoms with van der Waals surface area (Å²) in [5, 5.41) is 5.82. The number of aromatic nitrogens is 2. The molecule has 1 aliphatic rings. The zero-order chi connectivity index (χ0) is 13.1. The summed E-state index contributed by atoms with van der Waals surface area (Å²) in [5.41, 5.74) is 2.30. The number of benzene rings is 1. The van der Waals surface area contributed by atoms with Crippen molar-refractivity contribution in [1.29, 1.82) is 0 Å². The first-order valence-corrected chi connectivity index (χ1v) is 6.05. The van der Waals surface area contributed by atoms with Crippen molar-refractivity contribution in [3.05, 3.63) is 60.2 Å². The molecule has 0 bridgehead atoms. The number of hydrogen-bond acceptors (Lipinski definition) is 4. The van der Waals surface area contributed by atoms with Crippen molar-refractivity contribution in [1.82, 2.24) is 15.0 Å². The quantitative estimate of drug-likeness (QED) is 0.817. The van der Waals surface area contributed by atoms with Gasteiger partial charge in [0.05, 0.1) is 18.5 Å². The zero-order valence-corrected chi connectivity index (χ0v) is 10.2. The van der Waals surface area contributed by atoms with Crippen LogP contribution in [0.4, 0.5) is 0 Å². The summed E-state index contributed by atoms with van der Waals surface area (Å²) < 4.78 is 0. The second-order valence-corrected chi connectivity index (χ2v) is 4.18. The smallest absolute Gasteiger partial charge is 0.265 e. The molecule has 0 aliphatic carbocycles. The molecule has 1 aromatic heterocycles. The van der Waals surface area contributed by atoms with Crippen molar-refractivity contribution in [3.8, 4) is 0 Å². The molecule has 19 heavy (non-hydrogen) atoms. The number of rotatable bonds is 2. The first-order chi connectivity index (χ1) is 9.34. The molecule has 5 nitrogen and oxygen atoms in total. The van der Waals surface area contributed by atoms with E-state index >= 15 is 0 Å². The van der Waals surface area contributed by atoms with Gasteiger partial charge in [0.1, 0.15) is 5.69 Å². The van der Waals surface area contributed by atoms with Crippen molar-refractivity contribution in [2.45, 2.75) is 6.42 Å². The molecular weight excluding hydrogens is 240 g/mol. The largest absolute Gasteiger partial charge is 0.294 e. The Hall–Kier alpha value is -2.56. The molecule has 1 aliphatic heterocycles. The van der Waals surface area contributed by atoms with Gasteiger partial charge in [-0.25, -0.2) is 9.99 Å². The SMILES string of the molecule is O=C(c1cnccn1)N1CCC(c2ccccc2)=N1. The molecule has 1 amide bonds. The summed E-state index contributed by atoms with van der Waals surface area (Å²) in [6, 6.07) is 9.88. The van der Waals surface area contributed by atoms with Gasteiger partial charge in [-0.3, -0.25) is 9.78 Å². The third kappa shape index (κ3) is 2.35. The van der Waals surface area contributed by atoms with Gasteiger partial charge in [-0.1, -0.05) is 30.3 Å². The molecule has 2 aromatic rings. The van der Waals surface area contributed by atoms with E-state index in [0.717, 1.165) is 17.7 Å². The molecule has 0 saturated heterocycles. The average Bonchev–Trinajstić information content (AvgIpc) is 2.98. The Morgan fingerprint density at radius 1 is 1.16 bits per heavy atom. The minimum atomic E-state index is -0.209. The maximum atomic E-state index is 12.1. The number of nitrogens with zero attached hydrogens (tertiary/aromatic N) is 4. The Kier molecular flexibility index (Phi) is 3.02. The van der Waals surface area contributed by atoms with E-state index in [2.05, 4.69) is 15.1 Å². The second kappa shape index (κ2) is 4.97. The first kappa shape index (κ1) is 11.5. The highest BCUT2D eigenvalue weighted by atomic mass is 16.2. The standard InChI is InChI=1S/C14H12N4O/c19-14(13-10-15-7-8-16-13)18-9-6-12(17-18)11-4-2-1-3-5-11/h1-5,7-8,10H,6,9H2. The van der Waals surface area contributed by atoms with E-state index in [-0.39, 0.29) is 5.91 Å². The van der Waals surface area contributed by atoms with Crippen molar-refractivity contribution < 1.29 is 4.79 Å². The van der Waals surface area contributed by atoms with Crippen LogP contribution in [0.2, 0.25) is 0 Å². The third-order valence-electron chi connectivity index (χ3n) is 2.93. The van der Waals surface area contributed by atoms with Crippen molar-refractivity contribution in [2.75, 3.05) is 6.54 Å². The Balaban J connectivity index is 1.82. The van der Waals surface area contributed by atoms with E-state index < -0.39 is 0 Å². The lowest BCUT2D eigenvalue weighted by Gasteiger charge is -2.09. The fourth-order valence-corrected chi connectivity index (χ4v) is 1.98. The number of hydrogen-bond donors (Lipinski definition) is 0. The molecule has 1 aromatic carbocycles. The summed E-state index contributed by atoms with van der Waals surface area (Å²) in [6.45, 7) is 0.583. The molecule has 3 rings (SSSR count). The topological polar surface area (TPSA) is 58.5 Å². The molecule has 0 unspecified atom stereocenters. The molecular formula is C14H12N4O. The number of carbonyl (C=O) groups excluding carboxylic acids is 1. The van der Waals surface area contributed by atoms with E-state index in [4.69, 9.17) is 0 Å². The summed E-state index contributed by atoms with van der Waals surface area (Å²) in [5.74, 6) is -0.209. The van der Waals surface area contributed by atoms with Crippen molar-refractivity contribution in [2.24, 2.45) is 5.10 Å². The van der Waals surface area contributed by atoms with Crippen LogP contribution in [0.15, 0.2) is 54.0 Å². The zero-order valence-electron chi connectivity index (χ0n) is 10.2. The van der Waals surface area contributed by atoms with Crippen molar-refractivity contribution >= 4 is 11.6 Å². The monoisotopic (exact) mass is 252 g/mol. The van der Waals surface area contributed by atoms with Gasteiger partial charge in [0.25, 0.3) is 5.91 Å². The van der Waals surface area contributed by atoms with Crippen LogP contribution in [0.25, 0.3) is 0 Å². The highest BCUT2D eigenvalue weighted by molar-refractivity contribution is 6.03. The van der Waals surface area contributed by atoms with E-state index in [1.807, 2.05) is 30.3 Å². The number of amides is 1. The number of carbonyl (C=O) groups is 1. The lowest BCUT2D eigenvalue weighted by atomic mass is 10.1. The van der Waals surface area contributed by atoms with Crippen LogP contribution in [0, 0.1) is 0 Å². The molecule has 0 spiro atoms. The van der Waals surface area contributed by atoms with Crippen LogP contribution in [0.3, 0.4) is 0 Å². The summed E-state index contributed by atoms with van der Waals surface area (Å²) >= 11 is 0. The second-order valence-electron chi connectivity index (χ2n) is 4.18. The maximum absolute atomic E-state index is 12.1. The third-order valence-corrected chi connectivity index (χ3v) is 2.93. The van der Waals surface area contributed by atoms with Crippen LogP contribution in [-0.2, 0) is 0 Å². The van der Waals surface area contributed by atoms with Gasteiger partial charge in [-0.2, -0.15) is 5.10 Å². The Labute approximate surface area is 110 Å². The Morgan fingerprint density at radius 2 is 2.00 bits per heavy atom. The molecule has 0 N–H and O–H groups in total. The van der Waals surface area contributed by atoms with Crippen molar-refractivity contribution in [3.63, 3.8) is 0 Å². The molecule has 0 radical (unpaired) electrons. The predicted octanol–water partition coefficient (Wildman–Crippen LogP) is 1.73. The molecule has 0 saturated carbocycles. The minimum Gasteiger partial charge on any atom is -0.265 e. The van der Waals surface area contributed by atoms with Gasteiger partial charge in [0.2, 0.25) is 0 Å². The van der Waals surface area contributed by atoms with Gasteiger partial charge in [-0.05, 0) is 5.56 Å². The molecule has 2 heterocycles. The van der Waals surface area contributed by atoms with E-state index in [0.29, 0.717) is 12.2 Å². The van der Waals surface area contributed by atoms with Gasteiger partial charge in [-0.15, -0.1) is 0 Å². The van der Waals surface area contributed by atoms with Gasteiger partial charge in [0.15, 0.2) is 0 Å². The van der Waals surface area contributed by atoms with Crippen LogP contribution in [0.1, 0.15) is 22.5 Å². The lowest BCUT2D eigenvalue weighted by Crippen LogP contribution is -2.24. The van der Waals surface area contributed by atoms with Gasteiger partial charge >= 0.3 is 0 Å². The fraction of sp³-hybridized carbons (Fsp3) is 0.143. The van der Waals surface area contributed by atoms with Gasteiger partial charge < -0.3 is 0 Å². The van der Waals surface area contributed by atoms with E-state index in [1.54, 1.807) is 6.20 Å². The predicted molar refractivity (Wildman–Crippen MR) is 70.7 cm³/mol. The minimum absolute atomic E-state index is 0.209. The Morgan fingerprint density at radius 3 is 2.74 bits per heavy atom. The highest BCUT2D eigenvalue weighted by Gasteiger charge is 2.23. The van der Waals surface area contributed by atoms with Crippen LogP contribution in [-0.4, -0.2) is 33.1 Å². The summed E-state index contributed by atoms with van der Waals surface area (Å²) in [4.78, 5) is 20.0. The lowest BCUT2D eigenvalue weighted by molar-refractivity contribution is 0.0772. The Bertz CT molecular complexity index is 610. The summed E-state index contributed by atoms with van der Waals surface area (Å²) in [7, 11) is 0. The molecule has 5 heteroatoms. The van der Waals surface area contributed by atoms with Gasteiger partial charge in [0, 0.05) is 18.8 Å². The first-order valence-electron chi connectivity index (χ1n) is 6.05. The molecule has 0 atom stereocenters. The fourth-order valence-electron chi connectivity index (χ4n) is 1.98. The van der Waals surface area contributed by atoms with Crippen LogP contribution < -0.4 is 0 Å². The van der Waals surface area contributed by atoms with Crippen LogP contribution in [0.5, 0.6) is 0 Å². The highest BCUT2D eigenvalue weighted by Crippen LogP contribution is 2.15. The maximum Gasteiger partial charge on any atom is 0.294 e. The molecule has 94 valence electrons. The van der Waals surface area contributed by atoms with E-state index in [1.165, 1.54) is 17.4 Å².